The third kappa shape index (κ3) is 2.29. The van der Waals surface area contributed by atoms with E-state index in [1.807, 2.05) is 12.1 Å². The van der Waals surface area contributed by atoms with Gasteiger partial charge in [0.25, 0.3) is 5.91 Å². The van der Waals surface area contributed by atoms with E-state index in [0.29, 0.717) is 12.1 Å². The van der Waals surface area contributed by atoms with Crippen molar-refractivity contribution in [3.8, 4) is 0 Å². The van der Waals surface area contributed by atoms with Gasteiger partial charge in [0.05, 0.1) is 18.2 Å². The molecule has 1 saturated heterocycles. The van der Waals surface area contributed by atoms with Crippen molar-refractivity contribution in [2.24, 2.45) is 0 Å². The first-order valence-electron chi connectivity index (χ1n) is 6.49. The van der Waals surface area contributed by atoms with Crippen LogP contribution in [0.5, 0.6) is 0 Å². The smallest absolute Gasteiger partial charge is 0.256 e. The summed E-state index contributed by atoms with van der Waals surface area (Å²) in [4.78, 5) is 17.6. The third-order valence-corrected chi connectivity index (χ3v) is 5.65. The molecular weight excluding hydrogens is 388 g/mol. The van der Waals surface area contributed by atoms with E-state index in [1.165, 1.54) is 0 Å². The van der Waals surface area contributed by atoms with Crippen LogP contribution in [0.2, 0.25) is 0 Å². The van der Waals surface area contributed by atoms with Gasteiger partial charge in [-0.2, -0.15) is 0 Å². The van der Waals surface area contributed by atoms with Crippen LogP contribution in [0, 0.1) is 0 Å². The molecule has 1 fully saturated rings. The molecule has 1 aromatic carbocycles. The fourth-order valence-corrected chi connectivity index (χ4v) is 3.43. The number of aliphatic hydroxyl groups is 1. The molecule has 1 aliphatic rings. The Balaban J connectivity index is 2.02. The monoisotopic (exact) mass is 400 g/mol. The molecule has 1 amide bonds. The lowest BCUT2D eigenvalue weighted by Crippen LogP contribution is -2.37. The summed E-state index contributed by atoms with van der Waals surface area (Å²) in [5, 5.41) is 10.3. The van der Waals surface area contributed by atoms with Crippen molar-refractivity contribution in [3.63, 3.8) is 0 Å². The molecule has 1 aromatic heterocycles. The maximum Gasteiger partial charge on any atom is 0.256 e. The standard InChI is InChI=1S/C14H14Br2N2O2/c15-11-4-9-10(6-17-13(9)5-12(11)16)14(20)18-3-1-2-8(18)7-19/h4-6,8,17,19H,1-3,7H2/t8-/m0/s1. The van der Waals surface area contributed by atoms with Gasteiger partial charge in [0, 0.05) is 32.6 Å². The molecule has 2 N–H and O–H groups in total. The summed E-state index contributed by atoms with van der Waals surface area (Å²) >= 11 is 6.92. The maximum absolute atomic E-state index is 12.7. The van der Waals surface area contributed by atoms with Gasteiger partial charge in [-0.15, -0.1) is 0 Å². The lowest BCUT2D eigenvalue weighted by molar-refractivity contribution is 0.0679. The number of halogens is 2. The van der Waals surface area contributed by atoms with E-state index in [0.717, 1.165) is 32.7 Å². The van der Waals surface area contributed by atoms with Crippen molar-refractivity contribution in [2.75, 3.05) is 13.2 Å². The van der Waals surface area contributed by atoms with Gasteiger partial charge in [-0.25, -0.2) is 0 Å². The largest absolute Gasteiger partial charge is 0.394 e. The zero-order valence-electron chi connectivity index (χ0n) is 10.7. The molecule has 20 heavy (non-hydrogen) atoms. The summed E-state index contributed by atoms with van der Waals surface area (Å²) in [5.41, 5.74) is 1.58. The van der Waals surface area contributed by atoms with Crippen LogP contribution in [0.4, 0.5) is 0 Å². The summed E-state index contributed by atoms with van der Waals surface area (Å²) < 4.78 is 1.86. The lowest BCUT2D eigenvalue weighted by Gasteiger charge is -2.22. The van der Waals surface area contributed by atoms with Gasteiger partial charge in [0.2, 0.25) is 0 Å². The van der Waals surface area contributed by atoms with Crippen LogP contribution >= 0.6 is 31.9 Å². The predicted octanol–water partition coefficient (Wildman–Crippen LogP) is 3.29. The number of aromatic nitrogens is 1. The Labute approximate surface area is 133 Å². The van der Waals surface area contributed by atoms with E-state index in [-0.39, 0.29) is 18.6 Å². The number of hydrogen-bond acceptors (Lipinski definition) is 2. The van der Waals surface area contributed by atoms with Crippen LogP contribution in [0.15, 0.2) is 27.3 Å². The van der Waals surface area contributed by atoms with Crippen LogP contribution in [-0.4, -0.2) is 40.1 Å². The number of likely N-dealkylation sites (tertiary alicyclic amines) is 1. The Morgan fingerprint density at radius 3 is 2.90 bits per heavy atom. The van der Waals surface area contributed by atoms with Crippen molar-refractivity contribution in [3.05, 3.63) is 32.8 Å². The van der Waals surface area contributed by atoms with Gasteiger partial charge in [-0.1, -0.05) is 0 Å². The normalized spacial score (nSPS) is 18.9. The molecule has 1 atom stereocenters. The van der Waals surface area contributed by atoms with Gasteiger partial charge in [0.1, 0.15) is 0 Å². The van der Waals surface area contributed by atoms with Crippen LogP contribution in [0.3, 0.4) is 0 Å². The third-order valence-electron chi connectivity index (χ3n) is 3.80. The van der Waals surface area contributed by atoms with E-state index in [9.17, 15) is 9.90 Å². The summed E-state index contributed by atoms with van der Waals surface area (Å²) in [6.07, 6.45) is 3.58. The van der Waals surface area contributed by atoms with E-state index in [2.05, 4.69) is 36.8 Å². The number of carbonyl (C=O) groups excluding carboxylic acids is 1. The van der Waals surface area contributed by atoms with Crippen molar-refractivity contribution in [2.45, 2.75) is 18.9 Å². The molecule has 0 radical (unpaired) electrons. The molecule has 0 spiro atoms. The minimum absolute atomic E-state index is 0.0120. The lowest BCUT2D eigenvalue weighted by atomic mass is 10.1. The zero-order chi connectivity index (χ0) is 14.3. The van der Waals surface area contributed by atoms with Gasteiger partial charge in [0.15, 0.2) is 0 Å². The van der Waals surface area contributed by atoms with Crippen LogP contribution < -0.4 is 0 Å². The fraction of sp³-hybridized carbons (Fsp3) is 0.357. The number of fused-ring (bicyclic) bond motifs is 1. The van der Waals surface area contributed by atoms with Crippen molar-refractivity contribution in [1.82, 2.24) is 9.88 Å². The quantitative estimate of drug-likeness (QED) is 0.811. The van der Waals surface area contributed by atoms with Crippen LogP contribution in [-0.2, 0) is 0 Å². The molecule has 2 heterocycles. The number of H-pyrrole nitrogens is 1. The number of nitrogens with zero attached hydrogens (tertiary/aromatic N) is 1. The molecule has 0 unspecified atom stereocenters. The molecular formula is C14H14Br2N2O2. The molecule has 3 rings (SSSR count). The molecule has 0 aliphatic carbocycles. The molecule has 6 heteroatoms. The minimum Gasteiger partial charge on any atom is -0.394 e. The highest BCUT2D eigenvalue weighted by Crippen LogP contribution is 2.31. The highest BCUT2D eigenvalue weighted by molar-refractivity contribution is 9.13. The Kier molecular flexibility index (Phi) is 3.88. The second-order valence-electron chi connectivity index (χ2n) is 4.99. The molecule has 0 bridgehead atoms. The summed E-state index contributed by atoms with van der Waals surface area (Å²) in [6.45, 7) is 0.748. The first-order chi connectivity index (χ1) is 9.61. The topological polar surface area (TPSA) is 56.3 Å². The first-order valence-corrected chi connectivity index (χ1v) is 8.08. The molecule has 0 saturated carbocycles. The Morgan fingerprint density at radius 2 is 2.15 bits per heavy atom. The molecule has 106 valence electrons. The number of nitrogens with one attached hydrogen (secondary N) is 1. The Bertz CT molecular complexity index is 668. The molecule has 4 nitrogen and oxygen atoms in total. The average molecular weight is 402 g/mol. The predicted molar refractivity (Wildman–Crippen MR) is 84.8 cm³/mol. The summed E-state index contributed by atoms with van der Waals surface area (Å²) in [6, 6.07) is 3.84. The highest BCUT2D eigenvalue weighted by Gasteiger charge is 2.30. The number of aromatic amines is 1. The number of benzene rings is 1. The Hall–Kier alpha value is -0.850. The second-order valence-corrected chi connectivity index (χ2v) is 6.70. The number of hydrogen-bond donors (Lipinski definition) is 2. The summed E-state index contributed by atoms with van der Waals surface area (Å²) in [7, 11) is 0. The number of aliphatic hydroxyl groups excluding tert-OH is 1. The number of amides is 1. The van der Waals surface area contributed by atoms with Crippen LogP contribution in [0.25, 0.3) is 10.9 Å². The highest BCUT2D eigenvalue weighted by atomic mass is 79.9. The minimum atomic E-state index is -0.0497. The van der Waals surface area contributed by atoms with Crippen molar-refractivity contribution in [1.29, 1.82) is 0 Å². The number of rotatable bonds is 2. The van der Waals surface area contributed by atoms with Gasteiger partial charge in [-0.3, -0.25) is 4.79 Å². The van der Waals surface area contributed by atoms with Crippen molar-refractivity contribution < 1.29 is 9.90 Å². The Morgan fingerprint density at radius 1 is 1.40 bits per heavy atom. The molecule has 2 aromatic rings. The zero-order valence-corrected chi connectivity index (χ0v) is 13.9. The van der Waals surface area contributed by atoms with Crippen LogP contribution in [0.1, 0.15) is 23.2 Å². The second kappa shape index (κ2) is 5.50. The van der Waals surface area contributed by atoms with E-state index in [4.69, 9.17) is 0 Å². The molecule has 1 aliphatic heterocycles. The SMILES string of the molecule is O=C(c1c[nH]c2cc(Br)c(Br)cc12)N1CCC[C@H]1CO. The maximum atomic E-state index is 12.7. The summed E-state index contributed by atoms with van der Waals surface area (Å²) in [5.74, 6) is -0.0120. The van der Waals surface area contributed by atoms with E-state index in [1.54, 1.807) is 11.1 Å². The fourth-order valence-electron chi connectivity index (χ4n) is 2.74. The average Bonchev–Trinajstić information content (AvgIpc) is 3.05. The van der Waals surface area contributed by atoms with E-state index < -0.39 is 0 Å². The number of carbonyl (C=O) groups is 1. The van der Waals surface area contributed by atoms with Gasteiger partial charge < -0.3 is 15.0 Å². The van der Waals surface area contributed by atoms with Gasteiger partial charge in [-0.05, 0) is 56.8 Å². The van der Waals surface area contributed by atoms with Crippen molar-refractivity contribution >= 4 is 48.7 Å². The van der Waals surface area contributed by atoms with E-state index >= 15 is 0 Å². The van der Waals surface area contributed by atoms with Gasteiger partial charge >= 0.3 is 0 Å². The first kappa shape index (κ1) is 14.1.